The number of anilines is 1. The normalized spacial score (nSPS) is 21.9. The predicted molar refractivity (Wildman–Crippen MR) is 61.1 cm³/mol. The zero-order chi connectivity index (χ0) is 9.97. The SMILES string of the molecule is CNCC1CCCN1c1nc(C)cs1. The molecule has 2 rings (SSSR count). The van der Waals surface area contributed by atoms with Gasteiger partial charge in [0, 0.05) is 24.5 Å². The van der Waals surface area contributed by atoms with Gasteiger partial charge in [-0.25, -0.2) is 4.98 Å². The van der Waals surface area contributed by atoms with Crippen LogP contribution in [0.3, 0.4) is 0 Å². The molecule has 3 nitrogen and oxygen atoms in total. The predicted octanol–water partition coefficient (Wildman–Crippen LogP) is 1.64. The molecule has 0 aromatic carbocycles. The molecule has 1 aromatic heterocycles. The van der Waals surface area contributed by atoms with Gasteiger partial charge in [-0.1, -0.05) is 0 Å². The largest absolute Gasteiger partial charge is 0.344 e. The van der Waals surface area contributed by atoms with Crippen LogP contribution < -0.4 is 10.2 Å². The first-order valence-corrected chi connectivity index (χ1v) is 6.02. The van der Waals surface area contributed by atoms with Crippen LogP contribution in [-0.4, -0.2) is 31.2 Å². The molecule has 0 aliphatic carbocycles. The molecule has 1 aromatic rings. The lowest BCUT2D eigenvalue weighted by Gasteiger charge is -2.23. The maximum absolute atomic E-state index is 4.54. The number of nitrogens with zero attached hydrogens (tertiary/aromatic N) is 2. The van der Waals surface area contributed by atoms with Gasteiger partial charge in [-0.2, -0.15) is 0 Å². The smallest absolute Gasteiger partial charge is 0.185 e. The maximum atomic E-state index is 4.54. The second kappa shape index (κ2) is 4.28. The number of likely N-dealkylation sites (N-methyl/N-ethyl adjacent to an activating group) is 1. The monoisotopic (exact) mass is 211 g/mol. The molecule has 14 heavy (non-hydrogen) atoms. The van der Waals surface area contributed by atoms with Gasteiger partial charge in [0.05, 0.1) is 5.69 Å². The molecule has 4 heteroatoms. The van der Waals surface area contributed by atoms with E-state index in [1.54, 1.807) is 11.3 Å². The molecular weight excluding hydrogens is 194 g/mol. The van der Waals surface area contributed by atoms with E-state index in [1.807, 2.05) is 7.05 Å². The standard InChI is InChI=1S/C10H17N3S/c1-8-7-14-10(12-8)13-5-3-4-9(13)6-11-2/h7,9,11H,3-6H2,1-2H3. The van der Waals surface area contributed by atoms with Gasteiger partial charge in [0.25, 0.3) is 0 Å². The van der Waals surface area contributed by atoms with Gasteiger partial charge in [-0.15, -0.1) is 11.3 Å². The molecular formula is C10H17N3S. The molecule has 1 fully saturated rings. The summed E-state index contributed by atoms with van der Waals surface area (Å²) in [5.74, 6) is 0. The van der Waals surface area contributed by atoms with Crippen LogP contribution in [0, 0.1) is 6.92 Å². The highest BCUT2D eigenvalue weighted by atomic mass is 32.1. The number of hydrogen-bond donors (Lipinski definition) is 1. The summed E-state index contributed by atoms with van der Waals surface area (Å²) in [5, 5.41) is 6.58. The molecule has 1 unspecified atom stereocenters. The summed E-state index contributed by atoms with van der Waals surface area (Å²) in [4.78, 5) is 6.98. The molecule has 1 N–H and O–H groups in total. The van der Waals surface area contributed by atoms with E-state index >= 15 is 0 Å². The lowest BCUT2D eigenvalue weighted by molar-refractivity contribution is 0.614. The number of hydrogen-bond acceptors (Lipinski definition) is 4. The Morgan fingerprint density at radius 3 is 3.21 bits per heavy atom. The highest BCUT2D eigenvalue weighted by Crippen LogP contribution is 2.27. The van der Waals surface area contributed by atoms with E-state index in [4.69, 9.17) is 0 Å². The summed E-state index contributed by atoms with van der Waals surface area (Å²) in [6, 6.07) is 0.644. The van der Waals surface area contributed by atoms with E-state index in [0.29, 0.717) is 6.04 Å². The first kappa shape index (κ1) is 9.93. The Balaban J connectivity index is 2.09. The molecule has 0 saturated carbocycles. The third-order valence-corrected chi connectivity index (χ3v) is 3.67. The van der Waals surface area contributed by atoms with Crippen molar-refractivity contribution in [2.75, 3.05) is 25.0 Å². The van der Waals surface area contributed by atoms with Gasteiger partial charge in [-0.05, 0) is 26.8 Å². The van der Waals surface area contributed by atoms with Crippen LogP contribution in [0.4, 0.5) is 5.13 Å². The van der Waals surface area contributed by atoms with Gasteiger partial charge in [0.15, 0.2) is 5.13 Å². The van der Waals surface area contributed by atoms with Crippen molar-refractivity contribution in [1.29, 1.82) is 0 Å². The van der Waals surface area contributed by atoms with Gasteiger partial charge >= 0.3 is 0 Å². The molecule has 1 saturated heterocycles. The molecule has 78 valence electrons. The molecule has 1 aliphatic rings. The first-order chi connectivity index (χ1) is 6.81. The summed E-state index contributed by atoms with van der Waals surface area (Å²) in [5.41, 5.74) is 1.14. The van der Waals surface area contributed by atoms with Crippen molar-refractivity contribution >= 4 is 16.5 Å². The molecule has 1 atom stereocenters. The van der Waals surface area contributed by atoms with Crippen molar-refractivity contribution in [3.05, 3.63) is 11.1 Å². The summed E-state index contributed by atoms with van der Waals surface area (Å²) in [7, 11) is 2.02. The third-order valence-electron chi connectivity index (χ3n) is 2.67. The average Bonchev–Trinajstić information content (AvgIpc) is 2.74. The van der Waals surface area contributed by atoms with Crippen molar-refractivity contribution in [3.63, 3.8) is 0 Å². The Kier molecular flexibility index (Phi) is 3.03. The number of aryl methyl sites for hydroxylation is 1. The van der Waals surface area contributed by atoms with Crippen molar-refractivity contribution < 1.29 is 0 Å². The van der Waals surface area contributed by atoms with E-state index in [9.17, 15) is 0 Å². The van der Waals surface area contributed by atoms with Crippen molar-refractivity contribution in [3.8, 4) is 0 Å². The van der Waals surface area contributed by atoms with Crippen LogP contribution in [0.5, 0.6) is 0 Å². The number of rotatable bonds is 3. The minimum absolute atomic E-state index is 0.644. The quantitative estimate of drug-likeness (QED) is 0.824. The van der Waals surface area contributed by atoms with E-state index in [1.165, 1.54) is 24.5 Å². The van der Waals surface area contributed by atoms with Crippen LogP contribution in [-0.2, 0) is 0 Å². The summed E-state index contributed by atoms with van der Waals surface area (Å²) < 4.78 is 0. The third kappa shape index (κ3) is 1.91. The lowest BCUT2D eigenvalue weighted by Crippen LogP contribution is -2.36. The fourth-order valence-electron chi connectivity index (χ4n) is 2.01. The fourth-order valence-corrected chi connectivity index (χ4v) is 2.91. The zero-order valence-electron chi connectivity index (χ0n) is 8.79. The Bertz CT molecular complexity index is 297. The van der Waals surface area contributed by atoms with Crippen LogP contribution in [0.25, 0.3) is 0 Å². The van der Waals surface area contributed by atoms with Crippen molar-refractivity contribution in [2.24, 2.45) is 0 Å². The first-order valence-electron chi connectivity index (χ1n) is 5.14. The van der Waals surface area contributed by atoms with Crippen LogP contribution >= 0.6 is 11.3 Å². The van der Waals surface area contributed by atoms with E-state index in [0.717, 1.165) is 12.2 Å². The molecule has 0 amide bonds. The maximum Gasteiger partial charge on any atom is 0.185 e. The Labute approximate surface area is 89.1 Å². The van der Waals surface area contributed by atoms with Gasteiger partial charge in [-0.3, -0.25) is 0 Å². The van der Waals surface area contributed by atoms with E-state index in [2.05, 4.69) is 27.5 Å². The second-order valence-electron chi connectivity index (χ2n) is 3.82. The van der Waals surface area contributed by atoms with Gasteiger partial charge in [0.1, 0.15) is 0 Å². The van der Waals surface area contributed by atoms with E-state index < -0.39 is 0 Å². The van der Waals surface area contributed by atoms with Crippen LogP contribution in [0.2, 0.25) is 0 Å². The van der Waals surface area contributed by atoms with E-state index in [-0.39, 0.29) is 0 Å². The Morgan fingerprint density at radius 2 is 2.57 bits per heavy atom. The van der Waals surface area contributed by atoms with Crippen molar-refractivity contribution in [2.45, 2.75) is 25.8 Å². The molecule has 0 bridgehead atoms. The fraction of sp³-hybridized carbons (Fsp3) is 0.700. The van der Waals surface area contributed by atoms with Crippen LogP contribution in [0.15, 0.2) is 5.38 Å². The molecule has 2 heterocycles. The summed E-state index contributed by atoms with van der Waals surface area (Å²) in [6.45, 7) is 4.29. The van der Waals surface area contributed by atoms with Crippen molar-refractivity contribution in [1.82, 2.24) is 10.3 Å². The zero-order valence-corrected chi connectivity index (χ0v) is 9.60. The van der Waals surface area contributed by atoms with Crippen LogP contribution in [0.1, 0.15) is 18.5 Å². The highest BCUT2D eigenvalue weighted by molar-refractivity contribution is 7.13. The number of aromatic nitrogens is 1. The second-order valence-corrected chi connectivity index (χ2v) is 4.66. The summed E-state index contributed by atoms with van der Waals surface area (Å²) >= 11 is 1.76. The lowest BCUT2D eigenvalue weighted by atomic mass is 10.2. The minimum Gasteiger partial charge on any atom is -0.344 e. The topological polar surface area (TPSA) is 28.2 Å². The average molecular weight is 211 g/mol. The molecule has 0 radical (unpaired) electrons. The van der Waals surface area contributed by atoms with Gasteiger partial charge in [0.2, 0.25) is 0 Å². The number of thiazole rings is 1. The Hall–Kier alpha value is -0.610. The summed E-state index contributed by atoms with van der Waals surface area (Å²) in [6.07, 6.45) is 2.59. The minimum atomic E-state index is 0.644. The molecule has 0 spiro atoms. The Morgan fingerprint density at radius 1 is 1.71 bits per heavy atom. The van der Waals surface area contributed by atoms with Gasteiger partial charge < -0.3 is 10.2 Å². The molecule has 1 aliphatic heterocycles. The highest BCUT2D eigenvalue weighted by Gasteiger charge is 2.25. The number of nitrogens with one attached hydrogen (secondary N) is 1.